The van der Waals surface area contributed by atoms with Gasteiger partial charge >= 0.3 is 0 Å². The first-order valence-corrected chi connectivity index (χ1v) is 5.70. The molecule has 3 nitrogen and oxygen atoms in total. The number of rotatable bonds is 1. The fourth-order valence-electron chi connectivity index (χ4n) is 1.79. The van der Waals surface area contributed by atoms with E-state index >= 15 is 0 Å². The monoisotopic (exact) mass is 243 g/mol. The van der Waals surface area contributed by atoms with E-state index in [1.807, 2.05) is 18.2 Å². The lowest BCUT2D eigenvalue weighted by molar-refractivity contribution is -0.000217. The number of hydrogen-bond donors (Lipinski definition) is 2. The molecule has 1 aromatic carbocycles. The molecule has 0 amide bonds. The molecule has 2 atom stereocenters. The molecule has 1 heterocycles. The van der Waals surface area contributed by atoms with Crippen molar-refractivity contribution in [2.45, 2.75) is 19.1 Å². The van der Waals surface area contributed by atoms with Crippen LogP contribution in [0.5, 0.6) is 0 Å². The van der Waals surface area contributed by atoms with Gasteiger partial charge in [0, 0.05) is 24.7 Å². The summed E-state index contributed by atoms with van der Waals surface area (Å²) in [7, 11) is 1.00. The minimum Gasteiger partial charge on any atom is -0.400 e. The van der Waals surface area contributed by atoms with E-state index < -0.39 is 0 Å². The normalized spacial score (nSPS) is 24.5. The Morgan fingerprint density at radius 1 is 1.44 bits per heavy atom. The third kappa shape index (κ3) is 3.46. The summed E-state index contributed by atoms with van der Waals surface area (Å²) in [6.07, 6.45) is 0.127. The van der Waals surface area contributed by atoms with Crippen LogP contribution >= 0.6 is 11.6 Å². The van der Waals surface area contributed by atoms with E-state index in [1.54, 1.807) is 0 Å². The van der Waals surface area contributed by atoms with Crippen molar-refractivity contribution in [2.24, 2.45) is 0 Å². The van der Waals surface area contributed by atoms with Crippen LogP contribution in [0.2, 0.25) is 5.02 Å². The average Bonchev–Trinajstić information content (AvgIpc) is 2.32. The van der Waals surface area contributed by atoms with Gasteiger partial charge in [-0.2, -0.15) is 0 Å². The van der Waals surface area contributed by atoms with E-state index in [2.05, 4.69) is 18.3 Å². The highest BCUT2D eigenvalue weighted by atomic mass is 35.5. The summed E-state index contributed by atoms with van der Waals surface area (Å²) in [5.41, 5.74) is 1.15. The molecular weight excluding hydrogens is 226 g/mol. The Balaban J connectivity index is 0.000000606. The van der Waals surface area contributed by atoms with Gasteiger partial charge in [-0.3, -0.25) is 0 Å². The zero-order chi connectivity index (χ0) is 12.0. The molecule has 0 aliphatic carbocycles. The zero-order valence-electron chi connectivity index (χ0n) is 9.61. The van der Waals surface area contributed by atoms with Crippen molar-refractivity contribution < 1.29 is 9.84 Å². The molecular formula is C12H18ClNO2. The summed E-state index contributed by atoms with van der Waals surface area (Å²) in [6, 6.07) is 8.21. The minimum absolute atomic E-state index is 0.127. The molecule has 1 aliphatic heterocycles. The molecule has 2 rings (SSSR count). The molecule has 0 bridgehead atoms. The summed E-state index contributed by atoms with van der Waals surface area (Å²) in [5.74, 6) is 0. The molecule has 0 saturated carbocycles. The van der Waals surface area contributed by atoms with Gasteiger partial charge in [-0.25, -0.2) is 0 Å². The summed E-state index contributed by atoms with van der Waals surface area (Å²) < 4.78 is 5.71. The first-order chi connectivity index (χ1) is 7.77. The number of ether oxygens (including phenoxy) is 1. The van der Waals surface area contributed by atoms with Crippen LogP contribution in [0.4, 0.5) is 0 Å². The van der Waals surface area contributed by atoms with E-state index in [0.29, 0.717) is 6.04 Å². The molecule has 2 N–H and O–H groups in total. The number of halogens is 1. The van der Waals surface area contributed by atoms with Crippen LogP contribution in [0, 0.1) is 0 Å². The second-order valence-electron chi connectivity index (χ2n) is 3.59. The lowest BCUT2D eigenvalue weighted by Crippen LogP contribution is -2.41. The summed E-state index contributed by atoms with van der Waals surface area (Å²) in [5, 5.41) is 11.1. The van der Waals surface area contributed by atoms with Gasteiger partial charge in [0.1, 0.15) is 0 Å². The summed E-state index contributed by atoms with van der Waals surface area (Å²) in [4.78, 5) is 0. The highest BCUT2D eigenvalue weighted by Crippen LogP contribution is 2.25. The molecule has 0 spiro atoms. The van der Waals surface area contributed by atoms with Crippen molar-refractivity contribution in [1.82, 2.24) is 5.32 Å². The fourth-order valence-corrected chi connectivity index (χ4v) is 1.99. The molecule has 90 valence electrons. The topological polar surface area (TPSA) is 41.5 Å². The van der Waals surface area contributed by atoms with Crippen LogP contribution in [0.25, 0.3) is 0 Å². The second-order valence-corrected chi connectivity index (χ2v) is 4.03. The van der Waals surface area contributed by atoms with Gasteiger partial charge in [-0.1, -0.05) is 23.7 Å². The highest BCUT2D eigenvalue weighted by molar-refractivity contribution is 6.30. The molecule has 1 aliphatic rings. The Labute approximate surface area is 101 Å². The molecule has 2 unspecified atom stereocenters. The van der Waals surface area contributed by atoms with Crippen LogP contribution in [0.3, 0.4) is 0 Å². The molecule has 0 aromatic heterocycles. The number of aliphatic hydroxyl groups excluding tert-OH is 1. The van der Waals surface area contributed by atoms with E-state index in [1.165, 1.54) is 0 Å². The van der Waals surface area contributed by atoms with Gasteiger partial charge < -0.3 is 15.2 Å². The van der Waals surface area contributed by atoms with E-state index in [0.717, 1.165) is 30.8 Å². The van der Waals surface area contributed by atoms with Crippen molar-refractivity contribution in [3.63, 3.8) is 0 Å². The van der Waals surface area contributed by atoms with Crippen molar-refractivity contribution in [3.8, 4) is 0 Å². The smallest absolute Gasteiger partial charge is 0.0976 e. The quantitative estimate of drug-likeness (QED) is 0.793. The van der Waals surface area contributed by atoms with Crippen LogP contribution in [0.15, 0.2) is 24.3 Å². The Kier molecular flexibility index (Phi) is 5.77. The van der Waals surface area contributed by atoms with Crippen LogP contribution in [0.1, 0.15) is 18.6 Å². The molecule has 1 saturated heterocycles. The molecule has 16 heavy (non-hydrogen) atoms. The van der Waals surface area contributed by atoms with Gasteiger partial charge in [0.15, 0.2) is 0 Å². The van der Waals surface area contributed by atoms with Gasteiger partial charge in [0.25, 0.3) is 0 Å². The maximum atomic E-state index is 7.00. The maximum Gasteiger partial charge on any atom is 0.0976 e. The largest absolute Gasteiger partial charge is 0.400 e. The first-order valence-electron chi connectivity index (χ1n) is 5.32. The minimum atomic E-state index is 0.127. The van der Waals surface area contributed by atoms with Gasteiger partial charge in [0.05, 0.1) is 12.7 Å². The molecule has 0 radical (unpaired) electrons. The summed E-state index contributed by atoms with van der Waals surface area (Å²) in [6.45, 7) is 3.82. The third-order valence-electron chi connectivity index (χ3n) is 2.50. The van der Waals surface area contributed by atoms with E-state index in [4.69, 9.17) is 21.4 Å². The number of benzene rings is 1. The Morgan fingerprint density at radius 3 is 2.81 bits per heavy atom. The van der Waals surface area contributed by atoms with Crippen molar-refractivity contribution in [3.05, 3.63) is 34.9 Å². The Bertz CT molecular complexity index is 320. The van der Waals surface area contributed by atoms with Gasteiger partial charge in [0.2, 0.25) is 0 Å². The third-order valence-corrected chi connectivity index (χ3v) is 2.73. The maximum absolute atomic E-state index is 7.00. The van der Waals surface area contributed by atoms with Crippen LogP contribution in [-0.4, -0.2) is 31.4 Å². The average molecular weight is 244 g/mol. The lowest BCUT2D eigenvalue weighted by Gasteiger charge is -2.30. The number of nitrogens with one attached hydrogen (secondary N) is 1. The van der Waals surface area contributed by atoms with Crippen LogP contribution < -0.4 is 5.32 Å². The van der Waals surface area contributed by atoms with Gasteiger partial charge in [-0.05, 0) is 24.6 Å². The van der Waals surface area contributed by atoms with Crippen molar-refractivity contribution in [1.29, 1.82) is 0 Å². The van der Waals surface area contributed by atoms with Crippen LogP contribution in [-0.2, 0) is 4.74 Å². The molecule has 1 aromatic rings. The summed E-state index contributed by atoms with van der Waals surface area (Å²) >= 11 is 5.94. The molecule has 1 fully saturated rings. The second kappa shape index (κ2) is 6.86. The van der Waals surface area contributed by atoms with Crippen molar-refractivity contribution >= 4 is 11.6 Å². The molecule has 4 heteroatoms. The Morgan fingerprint density at radius 2 is 2.19 bits per heavy atom. The zero-order valence-corrected chi connectivity index (χ0v) is 10.4. The SMILES string of the molecule is CC1NCCOC1c1cccc(Cl)c1.CO. The number of aliphatic hydroxyl groups is 1. The predicted octanol–water partition coefficient (Wildman–Crippen LogP) is 2.00. The standard InChI is InChI=1S/C11H14ClNO.CH4O/c1-8-11(14-6-5-13-8)9-3-2-4-10(12)7-9;1-2/h2-4,7-8,11,13H,5-6H2,1H3;2H,1H3. The van der Waals surface area contributed by atoms with Crippen molar-refractivity contribution in [2.75, 3.05) is 20.3 Å². The first kappa shape index (κ1) is 13.5. The predicted molar refractivity (Wildman–Crippen MR) is 65.8 cm³/mol. The fraction of sp³-hybridized carbons (Fsp3) is 0.500. The lowest BCUT2D eigenvalue weighted by atomic mass is 10.0. The number of morpholine rings is 1. The highest BCUT2D eigenvalue weighted by Gasteiger charge is 2.22. The van der Waals surface area contributed by atoms with E-state index in [-0.39, 0.29) is 6.10 Å². The van der Waals surface area contributed by atoms with Gasteiger partial charge in [-0.15, -0.1) is 0 Å². The Hall–Kier alpha value is -0.610. The number of hydrogen-bond acceptors (Lipinski definition) is 3. The van der Waals surface area contributed by atoms with E-state index in [9.17, 15) is 0 Å².